The molecule has 9 aromatic rings. The summed E-state index contributed by atoms with van der Waals surface area (Å²) in [5.74, 6) is 1.34. The molecule has 63 heavy (non-hydrogen) atoms. The van der Waals surface area contributed by atoms with Gasteiger partial charge in [0.05, 0.1) is 28.0 Å². The lowest BCUT2D eigenvalue weighted by Crippen LogP contribution is -2.16. The number of aromatic nitrogens is 3. The molecule has 9 rings (SSSR count). The molecule has 4 nitrogen and oxygen atoms in total. The highest BCUT2D eigenvalue weighted by Crippen LogP contribution is 2.45. The predicted molar refractivity (Wildman–Crippen MR) is 265 cm³/mol. The predicted octanol–water partition coefficient (Wildman–Crippen LogP) is 16.1. The second-order valence-electron chi connectivity index (χ2n) is 18.1. The Labute approximate surface area is 372 Å². The lowest BCUT2D eigenvalue weighted by atomic mass is 9.81. The molecule has 0 amide bonds. The minimum atomic E-state index is -0.0258. The molecule has 0 unspecified atom stereocenters. The van der Waals surface area contributed by atoms with Gasteiger partial charge in [-0.1, -0.05) is 164 Å². The Morgan fingerprint density at radius 2 is 1.17 bits per heavy atom. The van der Waals surface area contributed by atoms with E-state index in [2.05, 4.69) is 217 Å². The molecule has 7 aromatic carbocycles. The Balaban J connectivity index is 1.35. The quantitative estimate of drug-likeness (QED) is 0.141. The van der Waals surface area contributed by atoms with Crippen LogP contribution >= 0.6 is 0 Å². The third kappa shape index (κ3) is 7.98. The number of nitrogens with zero attached hydrogens (tertiary/aromatic N) is 3. The van der Waals surface area contributed by atoms with Gasteiger partial charge in [-0.05, 0) is 128 Å². The monoisotopic (exact) mass is 821 g/mol. The first kappa shape index (κ1) is 41.3. The molecule has 0 bridgehead atoms. The van der Waals surface area contributed by atoms with Crippen LogP contribution in [0.2, 0.25) is 0 Å². The molecule has 0 saturated carbocycles. The highest BCUT2D eigenvalue weighted by Gasteiger charge is 2.27. The summed E-state index contributed by atoms with van der Waals surface area (Å²) in [6, 6.07) is 60.4. The van der Waals surface area contributed by atoms with Crippen LogP contribution in [0.1, 0.15) is 83.4 Å². The Hall–Kier alpha value is -7.04. The number of benzene rings is 7. The van der Waals surface area contributed by atoms with Gasteiger partial charge in [-0.15, -0.1) is 0 Å². The molecule has 0 aliphatic rings. The van der Waals surface area contributed by atoms with Crippen molar-refractivity contribution in [2.75, 3.05) is 0 Å². The van der Waals surface area contributed by atoms with Crippen molar-refractivity contribution in [3.05, 3.63) is 193 Å². The van der Waals surface area contributed by atoms with Gasteiger partial charge in [-0.3, -0.25) is 9.55 Å². The largest absolute Gasteiger partial charge is 0.507 e. The van der Waals surface area contributed by atoms with Crippen LogP contribution in [0.4, 0.5) is 0 Å². The van der Waals surface area contributed by atoms with Crippen molar-refractivity contribution in [1.82, 2.24) is 14.5 Å². The minimum Gasteiger partial charge on any atom is -0.507 e. The fraction of sp³-hybridized carbons (Fsp3) is 0.186. The normalized spacial score (nSPS) is 11.8. The molecule has 1 N–H and O–H groups in total. The van der Waals surface area contributed by atoms with E-state index in [0.717, 1.165) is 90.0 Å². The van der Waals surface area contributed by atoms with Gasteiger partial charge in [-0.2, -0.15) is 0 Å². The highest BCUT2D eigenvalue weighted by atomic mass is 16.3. The Morgan fingerprint density at radius 1 is 0.540 bits per heavy atom. The van der Waals surface area contributed by atoms with E-state index >= 15 is 0 Å². The molecule has 0 atom stereocenters. The second kappa shape index (κ2) is 17.0. The number of fused-ring (bicyclic) bond motifs is 1. The van der Waals surface area contributed by atoms with Crippen LogP contribution in [0.25, 0.3) is 83.9 Å². The lowest BCUT2D eigenvalue weighted by molar-refractivity contribution is 0.466. The summed E-state index contributed by atoms with van der Waals surface area (Å²) in [6.07, 6.45) is 2.91. The molecule has 2 aromatic heterocycles. The van der Waals surface area contributed by atoms with E-state index in [9.17, 15) is 5.11 Å². The topological polar surface area (TPSA) is 50.9 Å². The van der Waals surface area contributed by atoms with Crippen LogP contribution in [0.5, 0.6) is 5.75 Å². The number of rotatable bonds is 11. The molecule has 0 aliphatic carbocycles. The van der Waals surface area contributed by atoms with Crippen molar-refractivity contribution in [1.29, 1.82) is 0 Å². The molecule has 312 valence electrons. The van der Waals surface area contributed by atoms with Crippen LogP contribution < -0.4 is 0 Å². The van der Waals surface area contributed by atoms with E-state index in [0.29, 0.717) is 5.82 Å². The van der Waals surface area contributed by atoms with Crippen molar-refractivity contribution in [3.63, 3.8) is 0 Å². The van der Waals surface area contributed by atoms with Crippen LogP contribution in [0, 0.1) is 0 Å². The van der Waals surface area contributed by atoms with Crippen molar-refractivity contribution < 1.29 is 5.11 Å². The van der Waals surface area contributed by atoms with Gasteiger partial charge in [0.25, 0.3) is 0 Å². The van der Waals surface area contributed by atoms with E-state index in [1.165, 1.54) is 11.1 Å². The van der Waals surface area contributed by atoms with E-state index in [-0.39, 0.29) is 23.0 Å². The summed E-state index contributed by atoms with van der Waals surface area (Å²) < 4.78 is 2.29. The third-order valence-electron chi connectivity index (χ3n) is 12.9. The number of para-hydroxylation sites is 1. The Morgan fingerprint density at radius 3 is 1.83 bits per heavy atom. The smallest absolute Gasteiger partial charge is 0.149 e. The molecule has 0 saturated heterocycles. The zero-order chi connectivity index (χ0) is 43.8. The molecular weight excluding hydrogens is 767 g/mol. The van der Waals surface area contributed by atoms with Crippen LogP contribution in [-0.2, 0) is 5.41 Å². The summed E-state index contributed by atoms with van der Waals surface area (Å²) in [5, 5.41) is 12.3. The summed E-state index contributed by atoms with van der Waals surface area (Å²) >= 11 is 0. The fourth-order valence-electron chi connectivity index (χ4n) is 8.71. The number of phenolic OH excluding ortho intramolecular Hbond substituents is 1. The summed E-state index contributed by atoms with van der Waals surface area (Å²) in [5.41, 5.74) is 17.5. The van der Waals surface area contributed by atoms with Gasteiger partial charge in [0, 0.05) is 22.9 Å². The van der Waals surface area contributed by atoms with Crippen LogP contribution in [0.15, 0.2) is 176 Å². The van der Waals surface area contributed by atoms with Crippen LogP contribution in [0.3, 0.4) is 0 Å². The van der Waals surface area contributed by atoms with Crippen LogP contribution in [-0.4, -0.2) is 19.6 Å². The number of hydrogen-bond acceptors (Lipinski definition) is 3. The van der Waals surface area contributed by atoms with E-state index in [1.54, 1.807) is 0 Å². The van der Waals surface area contributed by atoms with E-state index in [1.807, 2.05) is 12.3 Å². The van der Waals surface area contributed by atoms with Gasteiger partial charge in [0.2, 0.25) is 0 Å². The molecular formula is C59H55N3O. The number of pyridine rings is 1. The molecule has 0 fully saturated rings. The minimum absolute atomic E-state index is 0.0258. The average Bonchev–Trinajstić information content (AvgIpc) is 3.71. The summed E-state index contributed by atoms with van der Waals surface area (Å²) in [7, 11) is 0. The molecule has 4 heteroatoms. The van der Waals surface area contributed by atoms with Gasteiger partial charge in [0.1, 0.15) is 11.6 Å². The molecule has 0 aliphatic heterocycles. The van der Waals surface area contributed by atoms with Crippen molar-refractivity contribution in [2.45, 2.75) is 72.1 Å². The number of phenols is 1. The van der Waals surface area contributed by atoms with E-state index < -0.39 is 0 Å². The van der Waals surface area contributed by atoms with Crippen molar-refractivity contribution in [2.24, 2.45) is 0 Å². The molecule has 0 radical (unpaired) electrons. The van der Waals surface area contributed by atoms with E-state index in [4.69, 9.17) is 9.97 Å². The van der Waals surface area contributed by atoms with Gasteiger partial charge >= 0.3 is 0 Å². The van der Waals surface area contributed by atoms with Crippen molar-refractivity contribution in [3.8, 4) is 78.6 Å². The average molecular weight is 822 g/mol. The zero-order valence-electron chi connectivity index (χ0n) is 37.4. The third-order valence-corrected chi connectivity index (χ3v) is 12.9. The first-order chi connectivity index (χ1) is 30.5. The molecule has 2 heterocycles. The van der Waals surface area contributed by atoms with Gasteiger partial charge in [0.15, 0.2) is 0 Å². The standard InChI is InChI=1S/C59H55N3O/c1-8-59(6,7)48-27-28-54(51(37-48)42-23-16-11-17-24-42)62-55-26-18-25-49(56(55)61-58(62)52-35-44(38(2)3)34-50(39(4)5)57(52)63)46-31-45(41-21-14-10-15-22-41)32-47(33-46)53-36-43(29-30-60-53)40-19-12-9-13-20-40/h9-39,63H,8H2,1-7H3. The maximum atomic E-state index is 12.3. The fourth-order valence-corrected chi connectivity index (χ4v) is 8.71. The highest BCUT2D eigenvalue weighted by molar-refractivity contribution is 5.98. The zero-order valence-corrected chi connectivity index (χ0v) is 37.4. The maximum absolute atomic E-state index is 12.3. The Bertz CT molecular complexity index is 3070. The number of hydrogen-bond donors (Lipinski definition) is 1. The van der Waals surface area contributed by atoms with Crippen molar-refractivity contribution >= 4 is 11.0 Å². The number of aromatic hydroxyl groups is 1. The van der Waals surface area contributed by atoms with Gasteiger partial charge < -0.3 is 5.11 Å². The first-order valence-electron chi connectivity index (χ1n) is 22.3. The summed E-state index contributed by atoms with van der Waals surface area (Å²) in [6.45, 7) is 15.6. The number of imidazole rings is 1. The van der Waals surface area contributed by atoms with Gasteiger partial charge in [-0.25, -0.2) is 4.98 Å². The molecule has 0 spiro atoms. The maximum Gasteiger partial charge on any atom is 0.149 e. The lowest BCUT2D eigenvalue weighted by Gasteiger charge is -2.26. The Kier molecular flexibility index (Phi) is 11.2. The summed E-state index contributed by atoms with van der Waals surface area (Å²) in [4.78, 5) is 10.6. The first-order valence-corrected chi connectivity index (χ1v) is 22.3. The SMILES string of the molecule is CCC(C)(C)c1ccc(-n2c(-c3cc(C(C)C)cc(C(C)C)c3O)nc3c(-c4cc(-c5ccccc5)cc(-c5cc(-c6ccccc6)ccn5)c4)cccc32)c(-c2ccccc2)c1. The second-order valence-corrected chi connectivity index (χ2v) is 18.1.